The van der Waals surface area contributed by atoms with Crippen molar-refractivity contribution in [2.75, 3.05) is 13.7 Å². The van der Waals surface area contributed by atoms with Gasteiger partial charge in [0.2, 0.25) is 5.91 Å². The van der Waals surface area contributed by atoms with E-state index in [1.807, 2.05) is 13.8 Å². The fourth-order valence-corrected chi connectivity index (χ4v) is 3.27. The Kier molecular flexibility index (Phi) is 6.88. The Morgan fingerprint density at radius 2 is 1.93 bits per heavy atom. The molecule has 0 aliphatic heterocycles. The number of benzene rings is 1. The number of ether oxygens (including phenoxy) is 1. The van der Waals surface area contributed by atoms with Crippen LogP contribution < -0.4 is 0 Å². The van der Waals surface area contributed by atoms with Gasteiger partial charge in [-0.2, -0.15) is 5.10 Å². The second kappa shape index (κ2) is 8.95. The first-order valence-corrected chi connectivity index (χ1v) is 8.95. The maximum Gasteiger partial charge on any atom is 0.307 e. The summed E-state index contributed by atoms with van der Waals surface area (Å²) < 4.78 is 33.1. The second-order valence-corrected chi connectivity index (χ2v) is 6.76. The summed E-state index contributed by atoms with van der Waals surface area (Å²) in [5.74, 6) is -3.12. The minimum absolute atomic E-state index is 0.00361. The summed E-state index contributed by atoms with van der Waals surface area (Å²) >= 11 is 0. The molecule has 0 bridgehead atoms. The summed E-state index contributed by atoms with van der Waals surface area (Å²) in [5, 5.41) is 4.35. The standard InChI is InChI=1S/C20H25F2N3O3/c1-12(19-13(2)23-24(4)14(19)3)20(27)25(9-8-18(26)28-5)11-15-6-7-16(21)17(22)10-15/h6-7,10,12H,8-9,11H2,1-5H3. The van der Waals surface area contributed by atoms with Gasteiger partial charge in [-0.05, 0) is 38.5 Å². The lowest BCUT2D eigenvalue weighted by molar-refractivity contribution is -0.142. The predicted octanol–water partition coefficient (Wildman–Crippen LogP) is 3.01. The fraction of sp³-hybridized carbons (Fsp3) is 0.450. The van der Waals surface area contributed by atoms with E-state index in [1.54, 1.807) is 18.7 Å². The second-order valence-electron chi connectivity index (χ2n) is 6.76. The number of halogens is 2. The average molecular weight is 393 g/mol. The zero-order valence-corrected chi connectivity index (χ0v) is 16.8. The van der Waals surface area contributed by atoms with Crippen molar-refractivity contribution >= 4 is 11.9 Å². The minimum Gasteiger partial charge on any atom is -0.469 e. The molecule has 0 spiro atoms. The van der Waals surface area contributed by atoms with Crippen molar-refractivity contribution in [1.29, 1.82) is 0 Å². The van der Waals surface area contributed by atoms with E-state index in [9.17, 15) is 18.4 Å². The van der Waals surface area contributed by atoms with Crippen LogP contribution in [0.5, 0.6) is 0 Å². The fourth-order valence-electron chi connectivity index (χ4n) is 3.27. The Morgan fingerprint density at radius 3 is 2.46 bits per heavy atom. The van der Waals surface area contributed by atoms with E-state index >= 15 is 0 Å². The molecule has 0 saturated heterocycles. The van der Waals surface area contributed by atoms with Gasteiger partial charge in [0.15, 0.2) is 11.6 Å². The van der Waals surface area contributed by atoms with Gasteiger partial charge in [0.25, 0.3) is 0 Å². The molecule has 8 heteroatoms. The first kappa shape index (κ1) is 21.5. The molecule has 152 valence electrons. The van der Waals surface area contributed by atoms with Gasteiger partial charge in [0.05, 0.1) is 25.1 Å². The number of carbonyl (C=O) groups excluding carboxylic acids is 2. The van der Waals surface area contributed by atoms with E-state index < -0.39 is 23.5 Å². The van der Waals surface area contributed by atoms with Crippen LogP contribution in [0.25, 0.3) is 0 Å². The number of methoxy groups -OCH3 is 1. The lowest BCUT2D eigenvalue weighted by Crippen LogP contribution is -2.36. The quantitative estimate of drug-likeness (QED) is 0.679. The average Bonchev–Trinajstić information content (AvgIpc) is 2.91. The van der Waals surface area contributed by atoms with Crippen molar-refractivity contribution in [2.45, 2.75) is 39.7 Å². The molecule has 2 rings (SSSR count). The van der Waals surface area contributed by atoms with Crippen molar-refractivity contribution in [3.05, 3.63) is 52.3 Å². The van der Waals surface area contributed by atoms with E-state index in [4.69, 9.17) is 0 Å². The van der Waals surface area contributed by atoms with E-state index in [2.05, 4.69) is 9.84 Å². The summed E-state index contributed by atoms with van der Waals surface area (Å²) in [4.78, 5) is 26.2. The molecule has 0 aliphatic carbocycles. The van der Waals surface area contributed by atoms with Gasteiger partial charge in [0.1, 0.15) is 0 Å². The van der Waals surface area contributed by atoms with E-state index in [-0.39, 0.29) is 25.4 Å². The number of hydrogen-bond donors (Lipinski definition) is 0. The molecular formula is C20H25F2N3O3. The number of rotatable bonds is 7. The molecule has 1 atom stereocenters. The number of hydrogen-bond acceptors (Lipinski definition) is 4. The maximum atomic E-state index is 13.6. The van der Waals surface area contributed by atoms with E-state index in [1.165, 1.54) is 18.1 Å². The van der Waals surface area contributed by atoms with Crippen LogP contribution in [0.1, 0.15) is 41.8 Å². The van der Waals surface area contributed by atoms with Crippen LogP contribution in [0.2, 0.25) is 0 Å². The van der Waals surface area contributed by atoms with Gasteiger partial charge in [-0.1, -0.05) is 6.07 Å². The van der Waals surface area contributed by atoms with E-state index in [0.717, 1.165) is 29.1 Å². The molecule has 0 aliphatic rings. The normalized spacial score (nSPS) is 12.0. The first-order valence-electron chi connectivity index (χ1n) is 8.95. The lowest BCUT2D eigenvalue weighted by atomic mass is 9.97. The highest BCUT2D eigenvalue weighted by Gasteiger charge is 2.27. The first-order chi connectivity index (χ1) is 13.1. The molecule has 2 aromatic rings. The van der Waals surface area contributed by atoms with Crippen LogP contribution in [-0.2, 0) is 27.9 Å². The summed E-state index contributed by atoms with van der Waals surface area (Å²) in [7, 11) is 3.08. The van der Waals surface area contributed by atoms with Crippen LogP contribution in [0.4, 0.5) is 8.78 Å². The highest BCUT2D eigenvalue weighted by atomic mass is 19.2. The van der Waals surface area contributed by atoms with Gasteiger partial charge in [0, 0.05) is 31.4 Å². The molecule has 0 radical (unpaired) electrons. The van der Waals surface area contributed by atoms with Crippen LogP contribution in [0.15, 0.2) is 18.2 Å². The smallest absolute Gasteiger partial charge is 0.307 e. The number of carbonyl (C=O) groups is 2. The zero-order chi connectivity index (χ0) is 21.0. The van der Waals surface area contributed by atoms with E-state index in [0.29, 0.717) is 5.56 Å². The molecule has 1 aromatic carbocycles. The molecule has 1 amide bonds. The molecular weight excluding hydrogens is 368 g/mol. The highest BCUT2D eigenvalue weighted by molar-refractivity contribution is 5.84. The Balaban J connectivity index is 2.29. The third-order valence-electron chi connectivity index (χ3n) is 4.85. The molecule has 1 aromatic heterocycles. The van der Waals surface area contributed by atoms with Gasteiger partial charge in [-0.15, -0.1) is 0 Å². The third kappa shape index (κ3) is 4.74. The van der Waals surface area contributed by atoms with Gasteiger partial charge in [-0.3, -0.25) is 14.3 Å². The van der Waals surface area contributed by atoms with Gasteiger partial charge in [-0.25, -0.2) is 8.78 Å². The van der Waals surface area contributed by atoms with Gasteiger partial charge < -0.3 is 9.64 Å². The minimum atomic E-state index is -0.982. The Morgan fingerprint density at radius 1 is 1.25 bits per heavy atom. The Labute approximate surface area is 163 Å². The van der Waals surface area contributed by atoms with Crippen molar-refractivity contribution in [1.82, 2.24) is 14.7 Å². The van der Waals surface area contributed by atoms with Crippen LogP contribution >= 0.6 is 0 Å². The van der Waals surface area contributed by atoms with Crippen LogP contribution in [-0.4, -0.2) is 40.2 Å². The molecule has 0 fully saturated rings. The zero-order valence-electron chi connectivity index (χ0n) is 16.8. The molecule has 1 unspecified atom stereocenters. The summed E-state index contributed by atoms with van der Waals surface area (Å²) in [6, 6.07) is 3.49. The largest absolute Gasteiger partial charge is 0.469 e. The predicted molar refractivity (Wildman–Crippen MR) is 99.5 cm³/mol. The molecule has 0 N–H and O–H groups in total. The Hall–Kier alpha value is -2.77. The van der Waals surface area contributed by atoms with Crippen LogP contribution in [0.3, 0.4) is 0 Å². The van der Waals surface area contributed by atoms with Crippen molar-refractivity contribution in [3.8, 4) is 0 Å². The number of esters is 1. The summed E-state index contributed by atoms with van der Waals surface area (Å²) in [6.45, 7) is 5.65. The van der Waals surface area contributed by atoms with Crippen molar-refractivity contribution < 1.29 is 23.1 Å². The third-order valence-corrected chi connectivity index (χ3v) is 4.85. The molecule has 6 nitrogen and oxygen atoms in total. The van der Waals surface area contributed by atoms with Gasteiger partial charge >= 0.3 is 5.97 Å². The number of aryl methyl sites for hydroxylation is 2. The number of amides is 1. The molecule has 0 saturated carbocycles. The number of aromatic nitrogens is 2. The number of nitrogens with zero attached hydrogens (tertiary/aromatic N) is 3. The lowest BCUT2D eigenvalue weighted by Gasteiger charge is -2.26. The Bertz CT molecular complexity index is 880. The maximum absolute atomic E-state index is 13.6. The summed E-state index contributed by atoms with van der Waals surface area (Å²) in [6.07, 6.45) is 0.00361. The SMILES string of the molecule is COC(=O)CCN(Cc1ccc(F)c(F)c1)C(=O)C(C)c1c(C)nn(C)c1C. The van der Waals surface area contributed by atoms with Crippen molar-refractivity contribution in [2.24, 2.45) is 7.05 Å². The summed E-state index contributed by atoms with van der Waals surface area (Å²) in [5.41, 5.74) is 2.88. The topological polar surface area (TPSA) is 64.4 Å². The molecule has 1 heterocycles. The molecule has 28 heavy (non-hydrogen) atoms. The van der Waals surface area contributed by atoms with Crippen molar-refractivity contribution in [3.63, 3.8) is 0 Å². The monoisotopic (exact) mass is 393 g/mol. The van der Waals surface area contributed by atoms with Crippen LogP contribution in [0, 0.1) is 25.5 Å². The highest BCUT2D eigenvalue weighted by Crippen LogP contribution is 2.26.